The Bertz CT molecular complexity index is 491. The van der Waals surface area contributed by atoms with Gasteiger partial charge in [0, 0.05) is 12.1 Å². The molecule has 4 heteroatoms. The molecule has 16 heavy (non-hydrogen) atoms. The van der Waals surface area contributed by atoms with E-state index in [1.165, 1.54) is 10.4 Å². The van der Waals surface area contributed by atoms with E-state index in [1.807, 2.05) is 13.0 Å². The number of aryl methyl sites for hydroxylation is 2. The summed E-state index contributed by atoms with van der Waals surface area (Å²) in [7, 11) is 0. The molecule has 0 fully saturated rings. The SMILES string of the molecule is Cc1cc(-c2sccc2C)nc(CCN)n1. The van der Waals surface area contributed by atoms with Crippen LogP contribution < -0.4 is 5.73 Å². The van der Waals surface area contributed by atoms with Crippen LogP contribution in [0.3, 0.4) is 0 Å². The average Bonchev–Trinajstić information content (AvgIpc) is 2.64. The molecular weight excluding hydrogens is 218 g/mol. The zero-order valence-corrected chi connectivity index (χ0v) is 10.3. The molecular formula is C12H15N3S. The monoisotopic (exact) mass is 233 g/mol. The predicted molar refractivity (Wildman–Crippen MR) is 67.6 cm³/mol. The molecule has 2 aromatic rings. The highest BCUT2D eigenvalue weighted by Crippen LogP contribution is 2.27. The zero-order chi connectivity index (χ0) is 11.5. The lowest BCUT2D eigenvalue weighted by Crippen LogP contribution is -2.07. The summed E-state index contributed by atoms with van der Waals surface area (Å²) in [5, 5.41) is 2.09. The van der Waals surface area contributed by atoms with E-state index in [4.69, 9.17) is 5.73 Å². The smallest absolute Gasteiger partial charge is 0.130 e. The Kier molecular flexibility index (Phi) is 3.31. The van der Waals surface area contributed by atoms with Gasteiger partial charge in [0.15, 0.2) is 0 Å². The molecule has 3 nitrogen and oxygen atoms in total. The standard InChI is InChI=1S/C12H15N3S/c1-8-4-6-16-12(8)10-7-9(2)14-11(15-10)3-5-13/h4,6-7H,3,5,13H2,1-2H3. The van der Waals surface area contributed by atoms with Crippen LogP contribution in [0.5, 0.6) is 0 Å². The number of nitrogens with zero attached hydrogens (tertiary/aromatic N) is 2. The van der Waals surface area contributed by atoms with Gasteiger partial charge in [-0.1, -0.05) is 0 Å². The summed E-state index contributed by atoms with van der Waals surface area (Å²) < 4.78 is 0. The number of nitrogens with two attached hydrogens (primary N) is 1. The molecule has 2 N–H and O–H groups in total. The minimum absolute atomic E-state index is 0.590. The van der Waals surface area contributed by atoms with E-state index in [1.54, 1.807) is 11.3 Å². The molecule has 2 rings (SSSR count). The summed E-state index contributed by atoms with van der Waals surface area (Å²) in [4.78, 5) is 10.1. The van der Waals surface area contributed by atoms with Gasteiger partial charge >= 0.3 is 0 Å². The van der Waals surface area contributed by atoms with Crippen LogP contribution in [-0.2, 0) is 6.42 Å². The highest BCUT2D eigenvalue weighted by atomic mass is 32.1. The Morgan fingerprint density at radius 2 is 2.12 bits per heavy atom. The summed E-state index contributed by atoms with van der Waals surface area (Å²) in [6.07, 6.45) is 0.735. The van der Waals surface area contributed by atoms with E-state index in [2.05, 4.69) is 28.3 Å². The number of rotatable bonds is 3. The van der Waals surface area contributed by atoms with Crippen molar-refractivity contribution >= 4 is 11.3 Å². The first-order valence-corrected chi connectivity index (χ1v) is 6.18. The summed E-state index contributed by atoms with van der Waals surface area (Å²) in [5.41, 5.74) is 8.82. The van der Waals surface area contributed by atoms with E-state index in [0.29, 0.717) is 6.54 Å². The van der Waals surface area contributed by atoms with Crippen molar-refractivity contribution in [1.82, 2.24) is 9.97 Å². The normalized spacial score (nSPS) is 10.7. The van der Waals surface area contributed by atoms with E-state index in [-0.39, 0.29) is 0 Å². The van der Waals surface area contributed by atoms with Crippen LogP contribution >= 0.6 is 11.3 Å². The number of aromatic nitrogens is 2. The van der Waals surface area contributed by atoms with Crippen LogP contribution in [-0.4, -0.2) is 16.5 Å². The average molecular weight is 233 g/mol. The van der Waals surface area contributed by atoms with Crippen LogP contribution in [0.15, 0.2) is 17.5 Å². The van der Waals surface area contributed by atoms with Crippen molar-refractivity contribution in [1.29, 1.82) is 0 Å². The molecule has 0 spiro atoms. The maximum absolute atomic E-state index is 5.53. The molecule has 0 aromatic carbocycles. The molecule has 0 saturated heterocycles. The van der Waals surface area contributed by atoms with Crippen molar-refractivity contribution in [3.8, 4) is 10.6 Å². The second-order valence-electron chi connectivity index (χ2n) is 3.78. The molecule has 0 radical (unpaired) electrons. The van der Waals surface area contributed by atoms with Crippen LogP contribution in [0.25, 0.3) is 10.6 Å². The van der Waals surface area contributed by atoms with Gasteiger partial charge in [0.25, 0.3) is 0 Å². The van der Waals surface area contributed by atoms with Gasteiger partial charge in [-0.15, -0.1) is 11.3 Å². The van der Waals surface area contributed by atoms with Crippen molar-refractivity contribution in [2.75, 3.05) is 6.54 Å². The van der Waals surface area contributed by atoms with Gasteiger partial charge in [-0.25, -0.2) is 9.97 Å². The fourth-order valence-electron chi connectivity index (χ4n) is 1.62. The Morgan fingerprint density at radius 3 is 2.75 bits per heavy atom. The van der Waals surface area contributed by atoms with Crippen molar-refractivity contribution in [2.24, 2.45) is 5.73 Å². The van der Waals surface area contributed by atoms with Gasteiger partial charge in [0.1, 0.15) is 5.82 Å². The van der Waals surface area contributed by atoms with Crippen molar-refractivity contribution in [3.05, 3.63) is 34.6 Å². The minimum Gasteiger partial charge on any atom is -0.330 e. The Morgan fingerprint density at radius 1 is 1.31 bits per heavy atom. The second-order valence-corrected chi connectivity index (χ2v) is 4.70. The molecule has 2 heterocycles. The van der Waals surface area contributed by atoms with Crippen LogP contribution in [0.2, 0.25) is 0 Å². The lowest BCUT2D eigenvalue weighted by atomic mass is 10.2. The topological polar surface area (TPSA) is 51.8 Å². The third-order valence-electron chi connectivity index (χ3n) is 2.36. The molecule has 0 aliphatic rings. The van der Waals surface area contributed by atoms with Crippen molar-refractivity contribution < 1.29 is 0 Å². The van der Waals surface area contributed by atoms with Gasteiger partial charge < -0.3 is 5.73 Å². The van der Waals surface area contributed by atoms with Gasteiger partial charge in [-0.05, 0) is 43.5 Å². The first-order chi connectivity index (χ1) is 7.70. The van der Waals surface area contributed by atoms with Crippen LogP contribution in [0, 0.1) is 13.8 Å². The zero-order valence-electron chi connectivity index (χ0n) is 9.53. The number of hydrogen-bond acceptors (Lipinski definition) is 4. The highest BCUT2D eigenvalue weighted by Gasteiger charge is 2.07. The maximum Gasteiger partial charge on any atom is 0.130 e. The number of hydrogen-bond donors (Lipinski definition) is 1. The van der Waals surface area contributed by atoms with Gasteiger partial charge in [0.05, 0.1) is 10.6 Å². The molecule has 0 amide bonds. The lowest BCUT2D eigenvalue weighted by molar-refractivity contribution is 0.858. The van der Waals surface area contributed by atoms with Gasteiger partial charge in [-0.3, -0.25) is 0 Å². The largest absolute Gasteiger partial charge is 0.330 e. The Hall–Kier alpha value is -1.26. The van der Waals surface area contributed by atoms with Gasteiger partial charge in [0.2, 0.25) is 0 Å². The first-order valence-electron chi connectivity index (χ1n) is 5.30. The maximum atomic E-state index is 5.53. The van der Waals surface area contributed by atoms with Crippen molar-refractivity contribution in [3.63, 3.8) is 0 Å². The molecule has 0 atom stereocenters. The third-order valence-corrected chi connectivity index (χ3v) is 3.40. The Balaban J connectivity index is 2.45. The molecule has 0 aliphatic heterocycles. The summed E-state index contributed by atoms with van der Waals surface area (Å²) in [5.74, 6) is 0.838. The molecule has 2 aromatic heterocycles. The van der Waals surface area contributed by atoms with E-state index in [0.717, 1.165) is 23.6 Å². The lowest BCUT2D eigenvalue weighted by Gasteiger charge is -2.04. The molecule has 84 valence electrons. The molecule has 0 bridgehead atoms. The summed E-state index contributed by atoms with van der Waals surface area (Å²) >= 11 is 1.72. The van der Waals surface area contributed by atoms with Crippen LogP contribution in [0.4, 0.5) is 0 Å². The van der Waals surface area contributed by atoms with Gasteiger partial charge in [-0.2, -0.15) is 0 Å². The fourth-order valence-corrected chi connectivity index (χ4v) is 2.51. The predicted octanol–water partition coefficient (Wildman–Crippen LogP) is 2.32. The Labute approximate surface area is 99.4 Å². The van der Waals surface area contributed by atoms with E-state index < -0.39 is 0 Å². The fraction of sp³-hybridized carbons (Fsp3) is 0.333. The first kappa shape index (κ1) is 11.2. The van der Waals surface area contributed by atoms with E-state index in [9.17, 15) is 0 Å². The minimum atomic E-state index is 0.590. The molecule has 0 saturated carbocycles. The third kappa shape index (κ3) is 2.28. The molecule has 0 aliphatic carbocycles. The van der Waals surface area contributed by atoms with Crippen molar-refractivity contribution in [2.45, 2.75) is 20.3 Å². The molecule has 0 unspecified atom stereocenters. The van der Waals surface area contributed by atoms with E-state index >= 15 is 0 Å². The van der Waals surface area contributed by atoms with Crippen LogP contribution in [0.1, 0.15) is 17.1 Å². The highest BCUT2D eigenvalue weighted by molar-refractivity contribution is 7.13. The number of thiophene rings is 1. The summed E-state index contributed by atoms with van der Waals surface area (Å²) in [6.45, 7) is 4.69. The quantitative estimate of drug-likeness (QED) is 0.885. The second kappa shape index (κ2) is 4.72. The summed E-state index contributed by atoms with van der Waals surface area (Å²) in [6, 6.07) is 4.14.